The molecule has 3 heteroatoms. The molecule has 0 bridgehead atoms. The Labute approximate surface area is 109 Å². The highest BCUT2D eigenvalue weighted by Gasteiger charge is 2.42. The van der Waals surface area contributed by atoms with E-state index in [9.17, 15) is 9.90 Å². The first-order chi connectivity index (χ1) is 8.54. The van der Waals surface area contributed by atoms with Crippen LogP contribution in [0.4, 0.5) is 0 Å². The number of hydrogen-bond acceptors (Lipinski definition) is 2. The third kappa shape index (κ3) is 3.25. The Kier molecular flexibility index (Phi) is 5.20. The topological polar surface area (TPSA) is 46.5 Å². The van der Waals surface area contributed by atoms with Gasteiger partial charge >= 0.3 is 5.97 Å². The molecule has 0 aliphatic heterocycles. The standard InChI is InChI=1S/C15H22O3/c1-4-9-12(5-2)15(3,14(16)17)18-13-10-7-6-8-11-13/h6-8,10-12H,4-5,9H2,1-3H3,(H,16,17). The highest BCUT2D eigenvalue weighted by atomic mass is 16.5. The summed E-state index contributed by atoms with van der Waals surface area (Å²) < 4.78 is 5.77. The van der Waals surface area contributed by atoms with E-state index in [1.807, 2.05) is 25.1 Å². The van der Waals surface area contributed by atoms with Crippen molar-refractivity contribution in [2.45, 2.75) is 45.6 Å². The zero-order valence-electron chi connectivity index (χ0n) is 11.3. The normalized spacial score (nSPS) is 15.7. The fraction of sp³-hybridized carbons (Fsp3) is 0.533. The highest BCUT2D eigenvalue weighted by molar-refractivity contribution is 5.78. The van der Waals surface area contributed by atoms with Gasteiger partial charge in [-0.2, -0.15) is 0 Å². The third-order valence-corrected chi connectivity index (χ3v) is 3.41. The molecule has 0 radical (unpaired) electrons. The first kappa shape index (κ1) is 14.6. The summed E-state index contributed by atoms with van der Waals surface area (Å²) in [7, 11) is 0. The number of aliphatic carboxylic acids is 1. The smallest absolute Gasteiger partial charge is 0.348 e. The van der Waals surface area contributed by atoms with Crippen LogP contribution in [-0.4, -0.2) is 16.7 Å². The number of hydrogen-bond donors (Lipinski definition) is 1. The second-order valence-electron chi connectivity index (χ2n) is 4.72. The first-order valence-electron chi connectivity index (χ1n) is 6.52. The van der Waals surface area contributed by atoms with E-state index in [2.05, 4.69) is 6.92 Å². The maximum absolute atomic E-state index is 11.6. The molecular formula is C15H22O3. The Balaban J connectivity index is 2.96. The summed E-state index contributed by atoms with van der Waals surface area (Å²) in [5.41, 5.74) is -1.16. The van der Waals surface area contributed by atoms with Gasteiger partial charge in [0.15, 0.2) is 0 Å². The van der Waals surface area contributed by atoms with Crippen LogP contribution in [0, 0.1) is 5.92 Å². The van der Waals surface area contributed by atoms with Crippen LogP contribution in [0.3, 0.4) is 0 Å². The molecule has 3 nitrogen and oxygen atoms in total. The van der Waals surface area contributed by atoms with Crippen LogP contribution in [0.25, 0.3) is 0 Å². The van der Waals surface area contributed by atoms with Crippen LogP contribution in [0.15, 0.2) is 30.3 Å². The quantitative estimate of drug-likeness (QED) is 0.802. The molecule has 18 heavy (non-hydrogen) atoms. The van der Waals surface area contributed by atoms with E-state index < -0.39 is 11.6 Å². The summed E-state index contributed by atoms with van der Waals surface area (Å²) in [5, 5.41) is 9.50. The van der Waals surface area contributed by atoms with Gasteiger partial charge in [-0.1, -0.05) is 38.5 Å². The Bertz CT molecular complexity index is 375. The summed E-state index contributed by atoms with van der Waals surface area (Å²) in [6.45, 7) is 5.75. The molecule has 0 heterocycles. The number of para-hydroxylation sites is 1. The lowest BCUT2D eigenvalue weighted by atomic mass is 9.83. The van der Waals surface area contributed by atoms with Gasteiger partial charge < -0.3 is 9.84 Å². The molecule has 0 fully saturated rings. The van der Waals surface area contributed by atoms with Crippen LogP contribution in [0.2, 0.25) is 0 Å². The van der Waals surface area contributed by atoms with Crippen molar-refractivity contribution in [3.05, 3.63) is 30.3 Å². The van der Waals surface area contributed by atoms with Crippen LogP contribution in [0.1, 0.15) is 40.0 Å². The molecule has 0 saturated carbocycles. The van der Waals surface area contributed by atoms with Crippen molar-refractivity contribution in [1.29, 1.82) is 0 Å². The lowest BCUT2D eigenvalue weighted by Crippen LogP contribution is -2.48. The van der Waals surface area contributed by atoms with Gasteiger partial charge in [0.05, 0.1) is 0 Å². The fourth-order valence-electron chi connectivity index (χ4n) is 2.25. The zero-order chi connectivity index (χ0) is 13.6. The fourth-order valence-corrected chi connectivity index (χ4v) is 2.25. The minimum absolute atomic E-state index is 0.0141. The highest BCUT2D eigenvalue weighted by Crippen LogP contribution is 2.31. The van der Waals surface area contributed by atoms with Crippen LogP contribution < -0.4 is 4.74 Å². The van der Waals surface area contributed by atoms with Gasteiger partial charge in [0.2, 0.25) is 5.60 Å². The summed E-state index contributed by atoms with van der Waals surface area (Å²) >= 11 is 0. The van der Waals surface area contributed by atoms with Gasteiger partial charge in [-0.15, -0.1) is 0 Å². The van der Waals surface area contributed by atoms with E-state index in [4.69, 9.17) is 4.74 Å². The Morgan fingerprint density at radius 1 is 1.33 bits per heavy atom. The minimum atomic E-state index is -1.16. The summed E-state index contributed by atoms with van der Waals surface area (Å²) in [6, 6.07) is 9.16. The largest absolute Gasteiger partial charge is 0.478 e. The van der Waals surface area contributed by atoms with E-state index in [1.54, 1.807) is 19.1 Å². The van der Waals surface area contributed by atoms with Gasteiger partial charge in [-0.05, 0) is 31.9 Å². The van der Waals surface area contributed by atoms with Gasteiger partial charge in [-0.25, -0.2) is 4.79 Å². The molecule has 0 aromatic heterocycles. The predicted molar refractivity (Wildman–Crippen MR) is 71.8 cm³/mol. The molecule has 0 aliphatic rings. The second kappa shape index (κ2) is 6.43. The molecule has 0 spiro atoms. The van der Waals surface area contributed by atoms with Crippen LogP contribution in [0.5, 0.6) is 5.75 Å². The molecule has 0 amide bonds. The lowest BCUT2D eigenvalue weighted by molar-refractivity contribution is -0.159. The molecule has 2 unspecified atom stereocenters. The molecule has 100 valence electrons. The predicted octanol–water partition coefficient (Wildman–Crippen LogP) is 3.74. The van der Waals surface area contributed by atoms with Crippen molar-refractivity contribution in [2.75, 3.05) is 0 Å². The summed E-state index contributed by atoms with van der Waals surface area (Å²) in [4.78, 5) is 11.6. The van der Waals surface area contributed by atoms with E-state index >= 15 is 0 Å². The zero-order valence-corrected chi connectivity index (χ0v) is 11.3. The molecule has 0 saturated heterocycles. The van der Waals surface area contributed by atoms with E-state index in [0.29, 0.717) is 5.75 Å². The molecular weight excluding hydrogens is 228 g/mol. The monoisotopic (exact) mass is 250 g/mol. The van der Waals surface area contributed by atoms with Crippen molar-refractivity contribution in [3.8, 4) is 5.75 Å². The van der Waals surface area contributed by atoms with Crippen LogP contribution in [-0.2, 0) is 4.79 Å². The maximum Gasteiger partial charge on any atom is 0.348 e. The SMILES string of the molecule is CCCC(CC)C(C)(Oc1ccccc1)C(=O)O. The summed E-state index contributed by atoms with van der Waals surface area (Å²) in [5.74, 6) is -0.274. The molecule has 1 aromatic rings. The van der Waals surface area contributed by atoms with Crippen molar-refractivity contribution >= 4 is 5.97 Å². The van der Waals surface area contributed by atoms with Crippen molar-refractivity contribution in [3.63, 3.8) is 0 Å². The van der Waals surface area contributed by atoms with Gasteiger partial charge in [-0.3, -0.25) is 0 Å². The lowest BCUT2D eigenvalue weighted by Gasteiger charge is -2.33. The first-order valence-corrected chi connectivity index (χ1v) is 6.52. The average Bonchev–Trinajstić information content (AvgIpc) is 2.36. The number of rotatable bonds is 7. The Hall–Kier alpha value is -1.51. The van der Waals surface area contributed by atoms with Gasteiger partial charge in [0.1, 0.15) is 5.75 Å². The number of carbonyl (C=O) groups is 1. The number of benzene rings is 1. The molecule has 2 atom stereocenters. The summed E-state index contributed by atoms with van der Waals surface area (Å²) in [6.07, 6.45) is 2.61. The maximum atomic E-state index is 11.6. The van der Waals surface area contributed by atoms with Crippen molar-refractivity contribution < 1.29 is 14.6 Å². The Morgan fingerprint density at radius 3 is 2.39 bits per heavy atom. The molecule has 1 N–H and O–H groups in total. The minimum Gasteiger partial charge on any atom is -0.478 e. The van der Waals surface area contributed by atoms with E-state index in [1.165, 1.54) is 0 Å². The number of ether oxygens (including phenoxy) is 1. The third-order valence-electron chi connectivity index (χ3n) is 3.41. The van der Waals surface area contributed by atoms with E-state index in [0.717, 1.165) is 19.3 Å². The second-order valence-corrected chi connectivity index (χ2v) is 4.72. The van der Waals surface area contributed by atoms with Crippen LogP contribution >= 0.6 is 0 Å². The Morgan fingerprint density at radius 2 is 1.94 bits per heavy atom. The average molecular weight is 250 g/mol. The van der Waals surface area contributed by atoms with Gasteiger partial charge in [0, 0.05) is 5.92 Å². The van der Waals surface area contributed by atoms with Crippen molar-refractivity contribution in [1.82, 2.24) is 0 Å². The molecule has 0 aliphatic carbocycles. The molecule has 1 aromatic carbocycles. The number of carboxylic acids is 1. The van der Waals surface area contributed by atoms with Crippen molar-refractivity contribution in [2.24, 2.45) is 5.92 Å². The van der Waals surface area contributed by atoms with Gasteiger partial charge in [0.25, 0.3) is 0 Å². The number of carboxylic acid groups (broad SMARTS) is 1. The van der Waals surface area contributed by atoms with E-state index in [-0.39, 0.29) is 5.92 Å². The molecule has 1 rings (SSSR count).